The second-order valence-corrected chi connectivity index (χ2v) is 7.98. The highest BCUT2D eigenvalue weighted by Crippen LogP contribution is 2.47. The third-order valence-corrected chi connectivity index (χ3v) is 6.09. The maximum Gasteiger partial charge on any atom is 0.262 e. The SMILES string of the molecule is Cc1coc([C@H]2CC[C@H]2c2nc3c(cnn3C3CCC(F)(F)CC3)c(=O)[nH]2)n1. The van der Waals surface area contributed by atoms with Crippen LogP contribution in [0.15, 0.2) is 21.7 Å². The first kappa shape index (κ1) is 17.5. The van der Waals surface area contributed by atoms with Crippen LogP contribution in [0.5, 0.6) is 0 Å². The molecule has 2 aliphatic rings. The first-order chi connectivity index (χ1) is 13.4. The quantitative estimate of drug-likeness (QED) is 0.735. The van der Waals surface area contributed by atoms with Crippen molar-refractivity contribution in [3.05, 3.63) is 40.2 Å². The zero-order valence-corrected chi connectivity index (χ0v) is 15.5. The van der Waals surface area contributed by atoms with Crippen LogP contribution in [0.3, 0.4) is 0 Å². The summed E-state index contributed by atoms with van der Waals surface area (Å²) >= 11 is 0. The number of alkyl halides is 2. The summed E-state index contributed by atoms with van der Waals surface area (Å²) in [6, 6.07) is -0.161. The minimum atomic E-state index is -2.61. The van der Waals surface area contributed by atoms with Crippen LogP contribution in [-0.4, -0.2) is 30.7 Å². The van der Waals surface area contributed by atoms with Crippen LogP contribution in [0, 0.1) is 6.92 Å². The molecule has 2 aliphatic carbocycles. The van der Waals surface area contributed by atoms with E-state index in [1.807, 2.05) is 6.92 Å². The molecule has 0 unspecified atom stereocenters. The highest BCUT2D eigenvalue weighted by molar-refractivity contribution is 5.73. The molecule has 9 heteroatoms. The van der Waals surface area contributed by atoms with Crippen molar-refractivity contribution in [1.29, 1.82) is 0 Å². The number of halogens is 2. The molecule has 1 N–H and O–H groups in total. The molecule has 2 fully saturated rings. The van der Waals surface area contributed by atoms with Gasteiger partial charge in [-0.25, -0.2) is 23.4 Å². The van der Waals surface area contributed by atoms with Gasteiger partial charge in [0, 0.05) is 24.7 Å². The molecule has 0 amide bonds. The molecule has 0 radical (unpaired) electrons. The standard InChI is InChI=1S/C19H21F2N5O2/c1-10-9-28-18(23-10)13-3-2-12(13)15-24-16-14(17(27)25-15)8-22-26(16)11-4-6-19(20,21)7-5-11/h8-9,11-13H,2-7H2,1H3,(H,24,25,27)/t12-,13+/m1/s1. The molecule has 3 aromatic rings. The Bertz CT molecular complexity index is 1080. The van der Waals surface area contributed by atoms with E-state index in [4.69, 9.17) is 9.40 Å². The van der Waals surface area contributed by atoms with Gasteiger partial charge in [-0.1, -0.05) is 0 Å². The first-order valence-electron chi connectivity index (χ1n) is 9.68. The van der Waals surface area contributed by atoms with E-state index in [1.165, 1.54) is 6.20 Å². The van der Waals surface area contributed by atoms with Gasteiger partial charge in [0.15, 0.2) is 11.5 Å². The van der Waals surface area contributed by atoms with Gasteiger partial charge in [-0.2, -0.15) is 5.10 Å². The number of nitrogens with zero attached hydrogens (tertiary/aromatic N) is 4. The number of hydrogen-bond donors (Lipinski definition) is 1. The fourth-order valence-corrected chi connectivity index (χ4v) is 4.33. The van der Waals surface area contributed by atoms with Crippen molar-refractivity contribution in [2.24, 2.45) is 0 Å². The highest BCUT2D eigenvalue weighted by atomic mass is 19.3. The summed E-state index contributed by atoms with van der Waals surface area (Å²) in [4.78, 5) is 24.6. The lowest BCUT2D eigenvalue weighted by Crippen LogP contribution is -2.28. The molecular weight excluding hydrogens is 368 g/mol. The van der Waals surface area contributed by atoms with Crippen LogP contribution in [0.1, 0.15) is 73.8 Å². The minimum absolute atomic E-state index is 0.0224. The van der Waals surface area contributed by atoms with Gasteiger partial charge in [-0.3, -0.25) is 4.79 Å². The largest absolute Gasteiger partial charge is 0.448 e. The van der Waals surface area contributed by atoms with Crippen molar-refractivity contribution in [3.8, 4) is 0 Å². The maximum atomic E-state index is 13.5. The average molecular weight is 389 g/mol. The summed E-state index contributed by atoms with van der Waals surface area (Å²) in [5.41, 5.74) is 1.05. The molecule has 2 atom stereocenters. The zero-order valence-electron chi connectivity index (χ0n) is 15.5. The Morgan fingerprint density at radius 1 is 1.18 bits per heavy atom. The molecule has 0 aliphatic heterocycles. The lowest BCUT2D eigenvalue weighted by atomic mass is 9.73. The van der Waals surface area contributed by atoms with Crippen LogP contribution < -0.4 is 5.56 Å². The molecule has 5 rings (SSSR count). The number of nitrogens with one attached hydrogen (secondary N) is 1. The van der Waals surface area contributed by atoms with Gasteiger partial charge in [0.25, 0.3) is 5.56 Å². The number of aromatic nitrogens is 5. The Morgan fingerprint density at radius 2 is 1.93 bits per heavy atom. The van der Waals surface area contributed by atoms with E-state index in [2.05, 4.69) is 15.1 Å². The molecule has 148 valence electrons. The van der Waals surface area contributed by atoms with Gasteiger partial charge in [-0.05, 0) is 32.6 Å². The second kappa shape index (κ2) is 6.22. The van der Waals surface area contributed by atoms with E-state index in [9.17, 15) is 13.6 Å². The summed E-state index contributed by atoms with van der Waals surface area (Å²) in [6.45, 7) is 1.87. The van der Waals surface area contributed by atoms with Crippen molar-refractivity contribution < 1.29 is 13.2 Å². The van der Waals surface area contributed by atoms with E-state index in [1.54, 1.807) is 10.9 Å². The molecule has 0 saturated heterocycles. The third-order valence-electron chi connectivity index (χ3n) is 6.09. The smallest absolute Gasteiger partial charge is 0.262 e. The van der Waals surface area contributed by atoms with Crippen LogP contribution >= 0.6 is 0 Å². The van der Waals surface area contributed by atoms with E-state index in [0.717, 1.165) is 18.5 Å². The predicted molar refractivity (Wildman–Crippen MR) is 96.6 cm³/mol. The Labute approximate surface area is 159 Å². The van der Waals surface area contributed by atoms with Crippen molar-refractivity contribution in [1.82, 2.24) is 24.7 Å². The highest BCUT2D eigenvalue weighted by Gasteiger charge is 2.39. The predicted octanol–water partition coefficient (Wildman–Crippen LogP) is 3.83. The van der Waals surface area contributed by atoms with Crippen LogP contribution in [-0.2, 0) is 0 Å². The molecule has 3 heterocycles. The number of aromatic amines is 1. The summed E-state index contributed by atoms with van der Waals surface area (Å²) in [5.74, 6) is -1.25. The monoisotopic (exact) mass is 389 g/mol. The fourth-order valence-electron chi connectivity index (χ4n) is 4.33. The van der Waals surface area contributed by atoms with Gasteiger partial charge in [0.1, 0.15) is 17.5 Å². The van der Waals surface area contributed by atoms with Crippen LogP contribution in [0.2, 0.25) is 0 Å². The number of fused-ring (bicyclic) bond motifs is 1. The first-order valence-corrected chi connectivity index (χ1v) is 9.68. The zero-order chi connectivity index (χ0) is 19.5. The van der Waals surface area contributed by atoms with Gasteiger partial charge in [-0.15, -0.1) is 0 Å². The second-order valence-electron chi connectivity index (χ2n) is 7.98. The molecular formula is C19H21F2N5O2. The Hall–Kier alpha value is -2.58. The maximum absolute atomic E-state index is 13.5. The van der Waals surface area contributed by atoms with Gasteiger partial charge >= 0.3 is 0 Å². The van der Waals surface area contributed by atoms with Gasteiger partial charge in [0.05, 0.1) is 17.9 Å². The molecule has 0 bridgehead atoms. The Balaban J connectivity index is 1.49. The van der Waals surface area contributed by atoms with Gasteiger partial charge in [0.2, 0.25) is 5.92 Å². The normalized spacial score (nSPS) is 25.1. The lowest BCUT2D eigenvalue weighted by Gasteiger charge is -2.33. The molecule has 7 nitrogen and oxygen atoms in total. The minimum Gasteiger partial charge on any atom is -0.448 e. The van der Waals surface area contributed by atoms with E-state index >= 15 is 0 Å². The molecule has 0 spiro atoms. The number of hydrogen-bond acceptors (Lipinski definition) is 5. The molecule has 2 saturated carbocycles. The topological polar surface area (TPSA) is 89.6 Å². The summed E-state index contributed by atoms with van der Waals surface area (Å²) in [5, 5.41) is 4.70. The van der Waals surface area contributed by atoms with Gasteiger partial charge < -0.3 is 9.40 Å². The summed E-state index contributed by atoms with van der Waals surface area (Å²) < 4.78 is 34.2. The van der Waals surface area contributed by atoms with Crippen molar-refractivity contribution in [2.45, 2.75) is 69.2 Å². The molecule has 0 aromatic carbocycles. The summed E-state index contributed by atoms with van der Waals surface area (Å²) in [7, 11) is 0. The number of aryl methyl sites for hydroxylation is 1. The fraction of sp³-hybridized carbons (Fsp3) is 0.579. The molecule has 28 heavy (non-hydrogen) atoms. The van der Waals surface area contributed by atoms with Crippen molar-refractivity contribution >= 4 is 11.0 Å². The third kappa shape index (κ3) is 2.84. The van der Waals surface area contributed by atoms with E-state index in [-0.39, 0.29) is 36.3 Å². The Morgan fingerprint density at radius 3 is 2.57 bits per heavy atom. The number of H-pyrrole nitrogens is 1. The lowest BCUT2D eigenvalue weighted by molar-refractivity contribution is -0.0446. The summed E-state index contributed by atoms with van der Waals surface area (Å²) in [6.07, 6.45) is 5.23. The van der Waals surface area contributed by atoms with Crippen LogP contribution in [0.4, 0.5) is 8.78 Å². The average Bonchev–Trinajstić information content (AvgIpc) is 3.21. The number of oxazole rings is 1. The molecule has 3 aromatic heterocycles. The van der Waals surface area contributed by atoms with Crippen LogP contribution in [0.25, 0.3) is 11.0 Å². The van der Waals surface area contributed by atoms with E-state index < -0.39 is 5.92 Å². The Kier molecular flexibility index (Phi) is 3.89. The van der Waals surface area contributed by atoms with Crippen molar-refractivity contribution in [2.75, 3.05) is 0 Å². The van der Waals surface area contributed by atoms with Crippen molar-refractivity contribution in [3.63, 3.8) is 0 Å². The van der Waals surface area contributed by atoms with E-state index in [0.29, 0.717) is 35.6 Å². The number of rotatable bonds is 3.